The van der Waals surface area contributed by atoms with E-state index >= 15 is 0 Å². The third-order valence-electron chi connectivity index (χ3n) is 2.96. The molecule has 3 nitrogen and oxygen atoms in total. The summed E-state index contributed by atoms with van der Waals surface area (Å²) >= 11 is 6.91. The molecule has 1 fully saturated rings. The van der Waals surface area contributed by atoms with Gasteiger partial charge in [0.2, 0.25) is 0 Å². The molecule has 1 aromatic rings. The number of rotatable bonds is 5. The lowest BCUT2D eigenvalue weighted by Crippen LogP contribution is -2.08. The van der Waals surface area contributed by atoms with Crippen LogP contribution in [-0.4, -0.2) is 19.3 Å². The number of nitrogen functional groups attached to an aromatic ring is 1. The molecule has 1 aromatic carbocycles. The fourth-order valence-electron chi connectivity index (χ4n) is 2.07. The van der Waals surface area contributed by atoms with Crippen LogP contribution in [0.2, 0.25) is 0 Å². The van der Waals surface area contributed by atoms with Gasteiger partial charge in [-0.05, 0) is 69.7 Å². The zero-order chi connectivity index (χ0) is 13.0. The molecule has 5 heteroatoms. The maximum Gasteiger partial charge on any atom is 0.147 e. The first-order chi connectivity index (χ1) is 8.66. The molecule has 18 heavy (non-hydrogen) atoms. The van der Waals surface area contributed by atoms with Crippen molar-refractivity contribution in [3.63, 3.8) is 0 Å². The van der Waals surface area contributed by atoms with Gasteiger partial charge < -0.3 is 15.2 Å². The summed E-state index contributed by atoms with van der Waals surface area (Å²) in [6.07, 6.45) is 4.90. The van der Waals surface area contributed by atoms with E-state index in [4.69, 9.17) is 15.2 Å². The maximum atomic E-state index is 5.78. The van der Waals surface area contributed by atoms with E-state index in [1.54, 1.807) is 0 Å². The molecule has 0 aliphatic carbocycles. The van der Waals surface area contributed by atoms with E-state index in [0.717, 1.165) is 34.1 Å². The second-order valence-electron chi connectivity index (χ2n) is 4.44. The van der Waals surface area contributed by atoms with Crippen LogP contribution < -0.4 is 10.5 Å². The summed E-state index contributed by atoms with van der Waals surface area (Å²) in [6, 6.07) is 3.69. The lowest BCUT2D eigenvalue weighted by molar-refractivity contribution is 0.0980. The van der Waals surface area contributed by atoms with Crippen LogP contribution >= 0.6 is 31.9 Å². The Morgan fingerprint density at radius 2 is 2.06 bits per heavy atom. The molecule has 1 aliphatic heterocycles. The van der Waals surface area contributed by atoms with Crippen molar-refractivity contribution in [3.8, 4) is 5.75 Å². The van der Waals surface area contributed by atoms with Gasteiger partial charge in [-0.1, -0.05) is 0 Å². The van der Waals surface area contributed by atoms with Crippen molar-refractivity contribution in [1.82, 2.24) is 0 Å². The van der Waals surface area contributed by atoms with Crippen molar-refractivity contribution >= 4 is 37.5 Å². The minimum absolute atomic E-state index is 0.437. The molecule has 1 atom stereocenters. The molecule has 1 aliphatic rings. The van der Waals surface area contributed by atoms with Gasteiger partial charge in [0.1, 0.15) is 5.75 Å². The predicted octanol–water partition coefficient (Wildman–Crippen LogP) is 4.13. The molecule has 1 saturated heterocycles. The molecule has 0 saturated carbocycles. The topological polar surface area (TPSA) is 44.5 Å². The molecular weight excluding hydrogens is 362 g/mol. The molecule has 0 radical (unpaired) electrons. The smallest absolute Gasteiger partial charge is 0.147 e. The Hall–Kier alpha value is -0.260. The first-order valence-corrected chi connectivity index (χ1v) is 7.74. The van der Waals surface area contributed by atoms with E-state index in [0.29, 0.717) is 18.4 Å². The van der Waals surface area contributed by atoms with Gasteiger partial charge in [0.25, 0.3) is 0 Å². The van der Waals surface area contributed by atoms with E-state index in [-0.39, 0.29) is 0 Å². The van der Waals surface area contributed by atoms with Gasteiger partial charge in [-0.25, -0.2) is 0 Å². The highest BCUT2D eigenvalue weighted by atomic mass is 79.9. The normalized spacial score (nSPS) is 19.1. The van der Waals surface area contributed by atoms with Crippen molar-refractivity contribution in [2.45, 2.75) is 31.8 Å². The van der Waals surface area contributed by atoms with E-state index in [1.165, 1.54) is 12.8 Å². The molecule has 2 N–H and O–H groups in total. The maximum absolute atomic E-state index is 5.78. The van der Waals surface area contributed by atoms with Crippen LogP contribution in [0.1, 0.15) is 25.7 Å². The van der Waals surface area contributed by atoms with Crippen molar-refractivity contribution in [2.24, 2.45) is 0 Å². The van der Waals surface area contributed by atoms with E-state index < -0.39 is 0 Å². The highest BCUT2D eigenvalue weighted by molar-refractivity contribution is 9.11. The molecule has 2 rings (SSSR count). The van der Waals surface area contributed by atoms with Crippen molar-refractivity contribution < 1.29 is 9.47 Å². The van der Waals surface area contributed by atoms with Crippen molar-refractivity contribution in [2.75, 3.05) is 18.9 Å². The zero-order valence-corrected chi connectivity index (χ0v) is 13.3. The van der Waals surface area contributed by atoms with Gasteiger partial charge >= 0.3 is 0 Å². The van der Waals surface area contributed by atoms with Crippen LogP contribution in [-0.2, 0) is 4.74 Å². The summed E-state index contributed by atoms with van der Waals surface area (Å²) in [4.78, 5) is 0. The lowest BCUT2D eigenvalue weighted by atomic mass is 10.1. The molecule has 1 unspecified atom stereocenters. The van der Waals surface area contributed by atoms with Crippen LogP contribution in [0.4, 0.5) is 5.69 Å². The van der Waals surface area contributed by atoms with Crippen LogP contribution in [0, 0.1) is 0 Å². The van der Waals surface area contributed by atoms with Crippen LogP contribution in [0.15, 0.2) is 21.1 Å². The molecule has 0 spiro atoms. The molecule has 0 aromatic heterocycles. The summed E-state index contributed by atoms with van der Waals surface area (Å²) in [6.45, 7) is 1.61. The monoisotopic (exact) mass is 377 g/mol. The first-order valence-electron chi connectivity index (χ1n) is 6.16. The minimum atomic E-state index is 0.437. The number of nitrogens with two attached hydrogens (primary N) is 1. The minimum Gasteiger partial charge on any atom is -0.491 e. The number of benzene rings is 1. The molecule has 0 bridgehead atoms. The fraction of sp³-hybridized carbons (Fsp3) is 0.538. The highest BCUT2D eigenvalue weighted by Gasteiger charge is 2.15. The lowest BCUT2D eigenvalue weighted by Gasteiger charge is -2.12. The number of halogens is 2. The Morgan fingerprint density at radius 3 is 2.67 bits per heavy atom. The molecule has 0 amide bonds. The second-order valence-corrected chi connectivity index (χ2v) is 6.15. The van der Waals surface area contributed by atoms with Gasteiger partial charge in [-0.2, -0.15) is 0 Å². The molecular formula is C13H17Br2NO2. The summed E-state index contributed by atoms with van der Waals surface area (Å²) < 4.78 is 13.1. The van der Waals surface area contributed by atoms with Gasteiger partial charge in [0.05, 0.1) is 21.7 Å². The number of hydrogen-bond donors (Lipinski definition) is 1. The Balaban J connectivity index is 1.79. The van der Waals surface area contributed by atoms with Gasteiger partial charge in [-0.15, -0.1) is 0 Å². The van der Waals surface area contributed by atoms with Crippen molar-refractivity contribution in [3.05, 3.63) is 21.1 Å². The Kier molecular flexibility index (Phi) is 5.33. The first kappa shape index (κ1) is 14.2. The number of anilines is 1. The summed E-state index contributed by atoms with van der Waals surface area (Å²) in [7, 11) is 0. The Bertz CT molecular complexity index is 383. The Morgan fingerprint density at radius 1 is 1.33 bits per heavy atom. The fourth-order valence-corrected chi connectivity index (χ4v) is 3.53. The quantitative estimate of drug-likeness (QED) is 0.618. The Labute approximate surface area is 124 Å². The van der Waals surface area contributed by atoms with E-state index in [2.05, 4.69) is 31.9 Å². The highest BCUT2D eigenvalue weighted by Crippen LogP contribution is 2.35. The van der Waals surface area contributed by atoms with Gasteiger partial charge in [0.15, 0.2) is 0 Å². The van der Waals surface area contributed by atoms with Crippen LogP contribution in [0.3, 0.4) is 0 Å². The summed E-state index contributed by atoms with van der Waals surface area (Å²) in [5, 5.41) is 0. The third-order valence-corrected chi connectivity index (χ3v) is 4.14. The average Bonchev–Trinajstić information content (AvgIpc) is 2.79. The standard InChI is InChI=1S/C13H17Br2NO2/c14-11-7-9(16)8-12(15)13(11)18-6-2-4-10-3-1-5-17-10/h7-8,10H,1-6,16H2. The number of hydrogen-bond acceptors (Lipinski definition) is 3. The molecule has 100 valence electrons. The second kappa shape index (κ2) is 6.78. The number of ether oxygens (including phenoxy) is 2. The predicted molar refractivity (Wildman–Crippen MR) is 80.0 cm³/mol. The SMILES string of the molecule is Nc1cc(Br)c(OCCCC2CCCO2)c(Br)c1. The van der Waals surface area contributed by atoms with Gasteiger partial charge in [-0.3, -0.25) is 0 Å². The van der Waals surface area contributed by atoms with Gasteiger partial charge in [0, 0.05) is 12.3 Å². The zero-order valence-electron chi connectivity index (χ0n) is 10.1. The largest absolute Gasteiger partial charge is 0.491 e. The van der Waals surface area contributed by atoms with E-state index in [1.807, 2.05) is 12.1 Å². The van der Waals surface area contributed by atoms with Crippen molar-refractivity contribution in [1.29, 1.82) is 0 Å². The molecule has 1 heterocycles. The van der Waals surface area contributed by atoms with E-state index in [9.17, 15) is 0 Å². The summed E-state index contributed by atoms with van der Waals surface area (Å²) in [5.41, 5.74) is 6.44. The third kappa shape index (κ3) is 3.87. The average molecular weight is 379 g/mol. The van der Waals surface area contributed by atoms with Crippen LogP contribution in [0.25, 0.3) is 0 Å². The van der Waals surface area contributed by atoms with Crippen LogP contribution in [0.5, 0.6) is 5.75 Å². The summed E-state index contributed by atoms with van der Waals surface area (Å²) in [5.74, 6) is 0.816.